The zero-order chi connectivity index (χ0) is 26.5. The predicted molar refractivity (Wildman–Crippen MR) is 139 cm³/mol. The van der Waals surface area contributed by atoms with Crippen molar-refractivity contribution in [2.75, 3.05) is 50.5 Å². The second kappa shape index (κ2) is 9.59. The lowest BCUT2D eigenvalue weighted by atomic mass is 9.66. The number of nitrogens with one attached hydrogen (secondary N) is 1. The Bertz CT molecular complexity index is 1310. The number of ether oxygens (including phenoxy) is 1. The molecule has 2 fully saturated rings. The molecule has 1 aromatic carbocycles. The van der Waals surface area contributed by atoms with Gasteiger partial charge >= 0.3 is 6.36 Å². The molecule has 0 amide bonds. The van der Waals surface area contributed by atoms with Gasteiger partial charge < -0.3 is 19.9 Å². The number of aromatic nitrogens is 4. The fourth-order valence-corrected chi connectivity index (χ4v) is 6.37. The fraction of sp³-hybridized carbons (Fsp3) is 0.593. The highest BCUT2D eigenvalue weighted by molar-refractivity contribution is 5.79. The second-order valence-electron chi connectivity index (χ2n) is 11.3. The molecular weight excluding hydrogens is 495 g/mol. The number of hydrogen-bond donors (Lipinski definition) is 1. The molecule has 0 unspecified atom stereocenters. The third kappa shape index (κ3) is 4.88. The number of fused-ring (bicyclic) bond motifs is 3. The van der Waals surface area contributed by atoms with E-state index < -0.39 is 6.36 Å². The van der Waals surface area contributed by atoms with Crippen molar-refractivity contribution in [3.63, 3.8) is 0 Å². The molecule has 2 aliphatic heterocycles. The zero-order valence-corrected chi connectivity index (χ0v) is 21.9. The van der Waals surface area contributed by atoms with E-state index >= 15 is 0 Å². The van der Waals surface area contributed by atoms with Crippen LogP contribution in [0.2, 0.25) is 0 Å². The van der Waals surface area contributed by atoms with Crippen molar-refractivity contribution in [2.45, 2.75) is 51.3 Å². The maximum atomic E-state index is 12.9. The maximum Gasteiger partial charge on any atom is 0.573 e. The Morgan fingerprint density at radius 2 is 1.89 bits per heavy atom. The number of likely N-dealkylation sites (tertiary alicyclic amines) is 1. The van der Waals surface area contributed by atoms with Gasteiger partial charge in [0.2, 0.25) is 5.65 Å². The van der Waals surface area contributed by atoms with Crippen LogP contribution in [-0.2, 0) is 6.42 Å². The van der Waals surface area contributed by atoms with E-state index in [2.05, 4.69) is 44.1 Å². The van der Waals surface area contributed by atoms with Crippen LogP contribution in [0.5, 0.6) is 5.75 Å². The minimum Gasteiger partial charge on any atom is -0.406 e. The Morgan fingerprint density at radius 3 is 2.61 bits per heavy atom. The van der Waals surface area contributed by atoms with Gasteiger partial charge in [-0.25, -0.2) is 0 Å². The maximum absolute atomic E-state index is 12.9. The predicted octanol–water partition coefficient (Wildman–Crippen LogP) is 5.00. The van der Waals surface area contributed by atoms with Crippen LogP contribution in [0.3, 0.4) is 0 Å². The highest BCUT2D eigenvalue weighted by Gasteiger charge is 2.41. The minimum atomic E-state index is -4.77. The first kappa shape index (κ1) is 25.2. The van der Waals surface area contributed by atoms with E-state index in [4.69, 9.17) is 5.10 Å². The van der Waals surface area contributed by atoms with Gasteiger partial charge in [0.1, 0.15) is 5.75 Å². The van der Waals surface area contributed by atoms with Crippen molar-refractivity contribution in [3.05, 3.63) is 29.8 Å². The summed E-state index contributed by atoms with van der Waals surface area (Å²) in [5.74, 6) is 1.47. The van der Waals surface area contributed by atoms with Crippen LogP contribution in [0.15, 0.2) is 24.3 Å². The molecule has 4 heterocycles. The lowest BCUT2D eigenvalue weighted by Crippen LogP contribution is -2.40. The Hall–Kier alpha value is -3.08. The average molecular weight is 530 g/mol. The number of benzene rings is 1. The molecule has 8 nitrogen and oxygen atoms in total. The van der Waals surface area contributed by atoms with Gasteiger partial charge in [-0.05, 0) is 82.1 Å². The summed E-state index contributed by atoms with van der Waals surface area (Å²) in [7, 11) is 4.27. The molecule has 3 aliphatic rings. The van der Waals surface area contributed by atoms with Crippen molar-refractivity contribution in [1.82, 2.24) is 24.7 Å². The summed E-state index contributed by atoms with van der Waals surface area (Å²) < 4.78 is 44.4. The first-order valence-corrected chi connectivity index (χ1v) is 13.5. The van der Waals surface area contributed by atoms with Crippen molar-refractivity contribution in [3.8, 4) is 17.1 Å². The normalized spacial score (nSPS) is 20.3. The van der Waals surface area contributed by atoms with Gasteiger partial charge in [0.15, 0.2) is 11.6 Å². The van der Waals surface area contributed by atoms with Crippen LogP contribution in [0, 0.1) is 11.3 Å². The molecule has 1 saturated carbocycles. The number of alkyl halides is 3. The molecule has 38 heavy (non-hydrogen) atoms. The lowest BCUT2D eigenvalue weighted by Gasteiger charge is -2.43. The van der Waals surface area contributed by atoms with Crippen LogP contribution < -0.4 is 15.0 Å². The standard InChI is InChI=1S/C27H34F3N7O/c1-35-13-8-18(9-14-35)16-31-23-21-7-12-26(10-4-11-26)17-36(2)22(21)25-33-32-24(37(25)34-23)19-5-3-6-20(15-19)38-27(28,29)30/h3,5-6,15,18H,4,7-14,16-17H2,1-2H3,(H,31,34). The van der Waals surface area contributed by atoms with Crippen molar-refractivity contribution in [2.24, 2.45) is 11.3 Å². The minimum absolute atomic E-state index is 0.300. The van der Waals surface area contributed by atoms with Crippen molar-refractivity contribution in [1.29, 1.82) is 0 Å². The quantitative estimate of drug-likeness (QED) is 0.499. The van der Waals surface area contributed by atoms with Crippen LogP contribution >= 0.6 is 0 Å². The Balaban J connectivity index is 1.40. The smallest absolute Gasteiger partial charge is 0.406 e. The third-order valence-electron chi connectivity index (χ3n) is 8.62. The molecule has 1 spiro atoms. The first-order valence-electron chi connectivity index (χ1n) is 13.5. The van der Waals surface area contributed by atoms with Crippen LogP contribution in [0.25, 0.3) is 17.0 Å². The largest absolute Gasteiger partial charge is 0.573 e. The van der Waals surface area contributed by atoms with Gasteiger partial charge in [-0.2, -0.15) is 4.52 Å². The van der Waals surface area contributed by atoms with E-state index in [0.717, 1.165) is 68.9 Å². The average Bonchev–Trinajstić information content (AvgIpc) is 3.19. The highest BCUT2D eigenvalue weighted by Crippen LogP contribution is 2.49. The molecule has 11 heteroatoms. The molecule has 0 radical (unpaired) electrons. The molecule has 2 aromatic heterocycles. The van der Waals surface area contributed by atoms with Gasteiger partial charge in [-0.15, -0.1) is 28.5 Å². The fourth-order valence-electron chi connectivity index (χ4n) is 6.37. The van der Waals surface area contributed by atoms with E-state index in [1.165, 1.54) is 37.5 Å². The second-order valence-corrected chi connectivity index (χ2v) is 11.3. The molecule has 6 rings (SSSR count). The summed E-state index contributed by atoms with van der Waals surface area (Å²) in [5.41, 5.74) is 3.57. The van der Waals surface area contributed by atoms with Gasteiger partial charge in [0.05, 0.1) is 5.69 Å². The first-order chi connectivity index (χ1) is 18.2. The highest BCUT2D eigenvalue weighted by atomic mass is 19.4. The Labute approximate surface area is 220 Å². The van der Waals surface area contributed by atoms with Crippen molar-refractivity contribution < 1.29 is 17.9 Å². The summed E-state index contributed by atoms with van der Waals surface area (Å²) in [4.78, 5) is 4.65. The van der Waals surface area contributed by atoms with Crippen LogP contribution in [0.4, 0.5) is 24.7 Å². The van der Waals surface area contributed by atoms with Gasteiger partial charge in [0.25, 0.3) is 0 Å². The molecule has 3 aromatic rings. The van der Waals surface area contributed by atoms with Gasteiger partial charge in [-0.3, -0.25) is 0 Å². The summed E-state index contributed by atoms with van der Waals surface area (Å²) in [6.45, 7) is 3.97. The molecule has 1 N–H and O–H groups in total. The van der Waals surface area contributed by atoms with E-state index in [0.29, 0.717) is 28.4 Å². The van der Waals surface area contributed by atoms with E-state index in [9.17, 15) is 13.2 Å². The molecule has 0 bridgehead atoms. The SMILES string of the molecule is CN1CCC(CNc2nn3c(-c4cccc(OC(F)(F)F)c4)nnc3c3c2CCC2(CCC2)CN3C)CC1. The monoisotopic (exact) mass is 529 g/mol. The molecular formula is C27H34F3N7O. The number of rotatable bonds is 5. The lowest BCUT2D eigenvalue weighted by molar-refractivity contribution is -0.274. The van der Waals surface area contributed by atoms with Crippen LogP contribution in [-0.4, -0.2) is 71.3 Å². The summed E-state index contributed by atoms with van der Waals surface area (Å²) in [5, 5.41) is 17.6. The van der Waals surface area contributed by atoms with Crippen LogP contribution in [0.1, 0.15) is 44.1 Å². The summed E-state index contributed by atoms with van der Waals surface area (Å²) >= 11 is 0. The number of anilines is 2. The van der Waals surface area contributed by atoms with E-state index in [1.54, 1.807) is 10.6 Å². The van der Waals surface area contributed by atoms with E-state index in [-0.39, 0.29) is 5.75 Å². The zero-order valence-electron chi connectivity index (χ0n) is 21.9. The topological polar surface area (TPSA) is 70.8 Å². The van der Waals surface area contributed by atoms with E-state index in [1.807, 2.05) is 0 Å². The number of nitrogens with zero attached hydrogens (tertiary/aromatic N) is 6. The Kier molecular flexibility index (Phi) is 6.36. The van der Waals surface area contributed by atoms with Crippen molar-refractivity contribution >= 4 is 17.2 Å². The molecule has 0 atom stereocenters. The number of piperidine rings is 1. The van der Waals surface area contributed by atoms with Gasteiger partial charge in [0, 0.05) is 31.3 Å². The molecule has 1 saturated heterocycles. The number of halogens is 3. The molecule has 1 aliphatic carbocycles. The van der Waals surface area contributed by atoms with Gasteiger partial charge in [-0.1, -0.05) is 18.6 Å². The molecule has 204 valence electrons. The Morgan fingerprint density at radius 1 is 1.11 bits per heavy atom. The summed E-state index contributed by atoms with van der Waals surface area (Å²) in [6, 6.07) is 5.83. The number of hydrogen-bond acceptors (Lipinski definition) is 7. The summed E-state index contributed by atoms with van der Waals surface area (Å²) in [6.07, 6.45) is 3.27. The third-order valence-corrected chi connectivity index (χ3v) is 8.62.